The number of carbonyl (C=O) groups is 2. The number of esters is 1. The molecule has 1 N–H and O–H groups in total. The zero-order valence-corrected chi connectivity index (χ0v) is 20.2. The van der Waals surface area contributed by atoms with E-state index in [0.717, 1.165) is 21.8 Å². The highest BCUT2D eigenvalue weighted by Gasteiger charge is 2.22. The van der Waals surface area contributed by atoms with Crippen molar-refractivity contribution in [2.45, 2.75) is 46.3 Å². The van der Waals surface area contributed by atoms with E-state index < -0.39 is 5.97 Å². The van der Waals surface area contributed by atoms with E-state index >= 15 is 0 Å². The van der Waals surface area contributed by atoms with E-state index in [1.807, 2.05) is 25.3 Å². The Morgan fingerprint density at radius 3 is 2.50 bits per heavy atom. The molecule has 0 saturated heterocycles. The maximum absolute atomic E-state index is 12.6. The number of rotatable bonds is 7. The molecule has 0 radical (unpaired) electrons. The Bertz CT molecular complexity index is 1100. The van der Waals surface area contributed by atoms with Crippen LogP contribution in [0.15, 0.2) is 10.5 Å². The first-order valence-corrected chi connectivity index (χ1v) is 12.1. The third-order valence-electron chi connectivity index (χ3n) is 4.92. The minimum Gasteiger partial charge on any atom is -0.465 e. The molecule has 10 heteroatoms. The first kappa shape index (κ1) is 22.5. The Morgan fingerprint density at radius 1 is 1.17 bits per heavy atom. The molecule has 3 aromatic heterocycles. The van der Waals surface area contributed by atoms with Crippen LogP contribution in [0.25, 0.3) is 11.4 Å². The van der Waals surface area contributed by atoms with Crippen molar-refractivity contribution in [1.29, 1.82) is 0 Å². The van der Waals surface area contributed by atoms with Crippen LogP contribution in [-0.4, -0.2) is 39.5 Å². The summed E-state index contributed by atoms with van der Waals surface area (Å²) in [5.74, 6) is 0.327. The lowest BCUT2D eigenvalue weighted by molar-refractivity contribution is -0.113. The van der Waals surface area contributed by atoms with Crippen molar-refractivity contribution in [1.82, 2.24) is 14.8 Å². The summed E-state index contributed by atoms with van der Waals surface area (Å²) in [4.78, 5) is 26.9. The second-order valence-electron chi connectivity index (χ2n) is 6.70. The summed E-state index contributed by atoms with van der Waals surface area (Å²) in [6, 6.07) is 0. The maximum Gasteiger partial charge on any atom is 0.341 e. The van der Waals surface area contributed by atoms with Gasteiger partial charge >= 0.3 is 5.97 Å². The van der Waals surface area contributed by atoms with E-state index in [-0.39, 0.29) is 11.7 Å². The Morgan fingerprint density at radius 2 is 1.90 bits per heavy atom. The van der Waals surface area contributed by atoms with Gasteiger partial charge in [0, 0.05) is 27.2 Å². The third kappa shape index (κ3) is 4.30. The Balaban J connectivity index is 1.74. The quantitative estimate of drug-likeness (QED) is 0.398. The highest BCUT2D eigenvalue weighted by molar-refractivity contribution is 7.99. The predicted molar refractivity (Wildman–Crippen MR) is 123 cm³/mol. The number of ether oxygens (including phenoxy) is 1. The van der Waals surface area contributed by atoms with Crippen molar-refractivity contribution in [3.63, 3.8) is 0 Å². The van der Waals surface area contributed by atoms with Crippen LogP contribution in [0.3, 0.4) is 0 Å². The van der Waals surface area contributed by atoms with Gasteiger partial charge < -0.3 is 14.6 Å². The van der Waals surface area contributed by atoms with Gasteiger partial charge in [0.2, 0.25) is 5.91 Å². The van der Waals surface area contributed by atoms with E-state index in [0.29, 0.717) is 22.3 Å². The van der Waals surface area contributed by atoms with Crippen LogP contribution < -0.4 is 5.32 Å². The van der Waals surface area contributed by atoms with Gasteiger partial charge in [0.1, 0.15) is 5.00 Å². The van der Waals surface area contributed by atoms with Crippen molar-refractivity contribution in [3.8, 4) is 11.4 Å². The normalized spacial score (nSPS) is 11.0. The van der Waals surface area contributed by atoms with Crippen LogP contribution in [0.1, 0.15) is 38.2 Å². The second-order valence-corrected chi connectivity index (χ2v) is 9.95. The Hall–Kier alpha value is -2.17. The molecule has 0 aliphatic carbocycles. The molecule has 1 amide bonds. The van der Waals surface area contributed by atoms with Crippen molar-refractivity contribution in [3.05, 3.63) is 31.8 Å². The number of methoxy groups -OCH3 is 1. The van der Waals surface area contributed by atoms with Crippen LogP contribution in [0, 0.1) is 27.7 Å². The molecule has 160 valence electrons. The smallest absolute Gasteiger partial charge is 0.341 e. The predicted octanol–water partition coefficient (Wildman–Crippen LogP) is 4.84. The number of hydrogen-bond acceptors (Lipinski definition) is 8. The van der Waals surface area contributed by atoms with E-state index in [1.165, 1.54) is 40.6 Å². The lowest BCUT2D eigenvalue weighted by Gasteiger charge is -2.08. The highest BCUT2D eigenvalue weighted by Crippen LogP contribution is 2.34. The molecule has 0 aliphatic heterocycles. The molecule has 3 aromatic rings. The zero-order chi connectivity index (χ0) is 22.0. The standard InChI is InChI=1S/C20H24N4O3S3/c1-7-24-17(14-8-28-12(4)10(14)2)22-23-20(24)29-9-15(25)21-18-16(19(26)27-6)11(3)13(5)30-18/h8H,7,9H2,1-6H3,(H,21,25). The summed E-state index contributed by atoms with van der Waals surface area (Å²) < 4.78 is 6.88. The van der Waals surface area contributed by atoms with Crippen LogP contribution in [0.2, 0.25) is 0 Å². The van der Waals surface area contributed by atoms with Crippen molar-refractivity contribution in [2.24, 2.45) is 0 Å². The van der Waals surface area contributed by atoms with Gasteiger partial charge in [-0.2, -0.15) is 0 Å². The molecule has 30 heavy (non-hydrogen) atoms. The van der Waals surface area contributed by atoms with E-state index in [4.69, 9.17) is 4.74 Å². The number of nitrogens with zero attached hydrogens (tertiary/aromatic N) is 3. The van der Waals surface area contributed by atoms with Gasteiger partial charge in [0.05, 0.1) is 18.4 Å². The van der Waals surface area contributed by atoms with Gasteiger partial charge in [-0.05, 0) is 45.7 Å². The fourth-order valence-electron chi connectivity index (χ4n) is 2.97. The molecule has 3 rings (SSSR count). The summed E-state index contributed by atoms with van der Waals surface area (Å²) in [5, 5.41) is 14.8. The second kappa shape index (κ2) is 9.32. The monoisotopic (exact) mass is 464 g/mol. The van der Waals surface area contributed by atoms with Crippen LogP contribution in [-0.2, 0) is 16.1 Å². The largest absolute Gasteiger partial charge is 0.465 e. The van der Waals surface area contributed by atoms with Gasteiger partial charge in [-0.3, -0.25) is 4.79 Å². The molecule has 0 unspecified atom stereocenters. The third-order valence-corrected chi connectivity index (χ3v) is 8.02. The summed E-state index contributed by atoms with van der Waals surface area (Å²) in [7, 11) is 1.34. The number of anilines is 1. The highest BCUT2D eigenvalue weighted by atomic mass is 32.2. The van der Waals surface area contributed by atoms with Crippen LogP contribution in [0.5, 0.6) is 0 Å². The Labute approximate surface area is 187 Å². The number of nitrogens with one attached hydrogen (secondary N) is 1. The van der Waals surface area contributed by atoms with Gasteiger partial charge in [0.15, 0.2) is 11.0 Å². The van der Waals surface area contributed by atoms with E-state index in [9.17, 15) is 9.59 Å². The van der Waals surface area contributed by atoms with Gasteiger partial charge in [0.25, 0.3) is 0 Å². The van der Waals surface area contributed by atoms with Crippen molar-refractivity contribution in [2.75, 3.05) is 18.2 Å². The minimum atomic E-state index is -0.448. The Kier molecular flexibility index (Phi) is 6.99. The summed E-state index contributed by atoms with van der Waals surface area (Å²) in [5.41, 5.74) is 3.53. The molecule has 0 atom stereocenters. The van der Waals surface area contributed by atoms with Gasteiger partial charge in [-0.25, -0.2) is 4.79 Å². The molecular formula is C20H24N4O3S3. The summed E-state index contributed by atoms with van der Waals surface area (Å²) >= 11 is 4.39. The number of carbonyl (C=O) groups excluding carboxylic acids is 2. The maximum atomic E-state index is 12.6. The molecule has 0 fully saturated rings. The number of thioether (sulfide) groups is 1. The minimum absolute atomic E-state index is 0.163. The SMILES string of the molecule is CCn1c(SCC(=O)Nc2sc(C)c(C)c2C(=O)OC)nnc1-c1csc(C)c1C. The zero-order valence-electron chi connectivity index (χ0n) is 17.8. The molecule has 0 spiro atoms. The number of hydrogen-bond donors (Lipinski definition) is 1. The average molecular weight is 465 g/mol. The van der Waals surface area contributed by atoms with E-state index in [1.54, 1.807) is 11.3 Å². The van der Waals surface area contributed by atoms with Gasteiger partial charge in [-0.15, -0.1) is 32.9 Å². The average Bonchev–Trinajstić information content (AvgIpc) is 3.36. The van der Waals surface area contributed by atoms with Crippen molar-refractivity contribution >= 4 is 51.3 Å². The van der Waals surface area contributed by atoms with Crippen LogP contribution in [0.4, 0.5) is 5.00 Å². The lowest BCUT2D eigenvalue weighted by atomic mass is 10.1. The van der Waals surface area contributed by atoms with Gasteiger partial charge in [-0.1, -0.05) is 11.8 Å². The number of thiophene rings is 2. The number of aromatic nitrogens is 3. The fraction of sp³-hybridized carbons (Fsp3) is 0.400. The summed E-state index contributed by atoms with van der Waals surface area (Å²) in [6.45, 7) is 10.7. The fourth-order valence-corrected chi connectivity index (χ4v) is 5.70. The number of amides is 1. The van der Waals surface area contributed by atoms with E-state index in [2.05, 4.69) is 34.7 Å². The molecular weight excluding hydrogens is 440 g/mol. The molecule has 0 aromatic carbocycles. The molecule has 0 aliphatic rings. The first-order valence-electron chi connectivity index (χ1n) is 9.37. The molecule has 3 heterocycles. The summed E-state index contributed by atoms with van der Waals surface area (Å²) in [6.07, 6.45) is 0. The molecule has 0 saturated carbocycles. The molecule has 7 nitrogen and oxygen atoms in total. The number of aryl methyl sites for hydroxylation is 2. The molecule has 0 bridgehead atoms. The van der Waals surface area contributed by atoms with Crippen molar-refractivity contribution < 1.29 is 14.3 Å². The lowest BCUT2D eigenvalue weighted by Crippen LogP contribution is -2.16. The van der Waals surface area contributed by atoms with Crippen LogP contribution >= 0.6 is 34.4 Å². The topological polar surface area (TPSA) is 86.1 Å². The first-order chi connectivity index (χ1) is 14.3.